The Morgan fingerprint density at radius 2 is 1.89 bits per heavy atom. The summed E-state index contributed by atoms with van der Waals surface area (Å²) in [5.74, 6) is -0.838. The Balaban J connectivity index is 2.23. The molecule has 0 aliphatic rings. The highest BCUT2D eigenvalue weighted by molar-refractivity contribution is 5.98. The lowest BCUT2D eigenvalue weighted by atomic mass is 10.0. The molecule has 0 spiro atoms. The standard InChI is InChI=1S/C15H14FNO2/c1-19-14-4-2-3-12(15(14)16)13(18)9-10-5-7-11(17)8-6-10/h2-8H,9,17H2,1H3. The van der Waals surface area contributed by atoms with Crippen molar-refractivity contribution in [1.82, 2.24) is 0 Å². The molecule has 0 bridgehead atoms. The van der Waals surface area contributed by atoms with Crippen LogP contribution in [0.2, 0.25) is 0 Å². The van der Waals surface area contributed by atoms with Gasteiger partial charge in [-0.25, -0.2) is 4.39 Å². The van der Waals surface area contributed by atoms with Crippen LogP contribution in [0.25, 0.3) is 0 Å². The molecule has 0 radical (unpaired) electrons. The average molecular weight is 259 g/mol. The van der Waals surface area contributed by atoms with Crippen LogP contribution in [0.1, 0.15) is 15.9 Å². The lowest BCUT2D eigenvalue weighted by Gasteiger charge is -2.07. The lowest BCUT2D eigenvalue weighted by molar-refractivity contribution is 0.0988. The van der Waals surface area contributed by atoms with Crippen molar-refractivity contribution in [3.8, 4) is 5.75 Å². The molecule has 2 aromatic carbocycles. The molecular weight excluding hydrogens is 245 g/mol. The summed E-state index contributed by atoms with van der Waals surface area (Å²) in [4.78, 5) is 12.1. The van der Waals surface area contributed by atoms with Gasteiger partial charge in [0, 0.05) is 12.1 Å². The van der Waals surface area contributed by atoms with Crippen LogP contribution < -0.4 is 10.5 Å². The number of rotatable bonds is 4. The van der Waals surface area contributed by atoms with E-state index in [0.717, 1.165) is 5.56 Å². The van der Waals surface area contributed by atoms with E-state index in [0.29, 0.717) is 5.69 Å². The van der Waals surface area contributed by atoms with Crippen LogP contribution in [0.3, 0.4) is 0 Å². The third-order valence-electron chi connectivity index (χ3n) is 2.83. The highest BCUT2D eigenvalue weighted by Crippen LogP contribution is 2.21. The van der Waals surface area contributed by atoms with Crippen molar-refractivity contribution in [1.29, 1.82) is 0 Å². The molecule has 2 aromatic rings. The van der Waals surface area contributed by atoms with Crippen LogP contribution in [0, 0.1) is 5.82 Å². The molecule has 0 atom stereocenters. The molecule has 0 saturated heterocycles. The highest BCUT2D eigenvalue weighted by Gasteiger charge is 2.15. The number of benzene rings is 2. The largest absolute Gasteiger partial charge is 0.494 e. The maximum Gasteiger partial charge on any atom is 0.175 e. The minimum Gasteiger partial charge on any atom is -0.494 e. The summed E-state index contributed by atoms with van der Waals surface area (Å²) in [5.41, 5.74) is 7.03. The zero-order valence-electron chi connectivity index (χ0n) is 10.5. The van der Waals surface area contributed by atoms with Gasteiger partial charge in [0.15, 0.2) is 17.3 Å². The zero-order valence-corrected chi connectivity index (χ0v) is 10.5. The number of carbonyl (C=O) groups is 1. The maximum atomic E-state index is 13.9. The smallest absolute Gasteiger partial charge is 0.175 e. The number of ketones is 1. The summed E-state index contributed by atoms with van der Waals surface area (Å²) in [7, 11) is 1.37. The number of hydrogen-bond donors (Lipinski definition) is 1. The van der Waals surface area contributed by atoms with Crippen LogP contribution in [0.15, 0.2) is 42.5 Å². The Labute approximate surface area is 110 Å². The van der Waals surface area contributed by atoms with Crippen molar-refractivity contribution in [2.45, 2.75) is 6.42 Å². The average Bonchev–Trinajstić information content (AvgIpc) is 2.41. The molecule has 2 N–H and O–H groups in total. The van der Waals surface area contributed by atoms with E-state index in [1.165, 1.54) is 19.2 Å². The van der Waals surface area contributed by atoms with E-state index in [4.69, 9.17) is 10.5 Å². The van der Waals surface area contributed by atoms with E-state index >= 15 is 0 Å². The number of methoxy groups -OCH3 is 1. The first-order valence-corrected chi connectivity index (χ1v) is 5.82. The summed E-state index contributed by atoms with van der Waals surface area (Å²) in [6.45, 7) is 0. The van der Waals surface area contributed by atoms with Crippen molar-refractivity contribution in [2.24, 2.45) is 0 Å². The number of carbonyl (C=O) groups excluding carboxylic acids is 1. The fourth-order valence-electron chi connectivity index (χ4n) is 1.80. The van der Waals surface area contributed by atoms with Gasteiger partial charge in [-0.1, -0.05) is 18.2 Å². The molecule has 4 heteroatoms. The predicted molar refractivity (Wildman–Crippen MR) is 71.8 cm³/mol. The SMILES string of the molecule is COc1cccc(C(=O)Cc2ccc(N)cc2)c1F. The van der Waals surface area contributed by atoms with E-state index in [1.807, 2.05) is 0 Å². The molecule has 19 heavy (non-hydrogen) atoms. The van der Waals surface area contributed by atoms with Crippen molar-refractivity contribution in [3.63, 3.8) is 0 Å². The summed E-state index contributed by atoms with van der Waals surface area (Å²) < 4.78 is 18.8. The van der Waals surface area contributed by atoms with E-state index in [-0.39, 0.29) is 23.5 Å². The minimum absolute atomic E-state index is 0.0381. The van der Waals surface area contributed by atoms with E-state index in [1.54, 1.807) is 30.3 Å². The first-order chi connectivity index (χ1) is 9.11. The molecule has 0 saturated carbocycles. The molecular formula is C15H14FNO2. The van der Waals surface area contributed by atoms with Gasteiger partial charge in [0.2, 0.25) is 0 Å². The fraction of sp³-hybridized carbons (Fsp3) is 0.133. The monoisotopic (exact) mass is 259 g/mol. The zero-order chi connectivity index (χ0) is 13.8. The highest BCUT2D eigenvalue weighted by atomic mass is 19.1. The summed E-state index contributed by atoms with van der Waals surface area (Å²) >= 11 is 0. The second-order valence-electron chi connectivity index (χ2n) is 4.16. The van der Waals surface area contributed by atoms with Crippen molar-refractivity contribution in [3.05, 3.63) is 59.4 Å². The second-order valence-corrected chi connectivity index (χ2v) is 4.16. The van der Waals surface area contributed by atoms with Crippen molar-refractivity contribution >= 4 is 11.5 Å². The topological polar surface area (TPSA) is 52.3 Å². The van der Waals surface area contributed by atoms with E-state index in [9.17, 15) is 9.18 Å². The Kier molecular flexibility index (Phi) is 3.80. The van der Waals surface area contributed by atoms with Gasteiger partial charge in [0.25, 0.3) is 0 Å². The van der Waals surface area contributed by atoms with E-state index < -0.39 is 5.82 Å². The molecule has 98 valence electrons. The van der Waals surface area contributed by atoms with Crippen LogP contribution in [0.5, 0.6) is 5.75 Å². The minimum atomic E-state index is -0.620. The molecule has 0 heterocycles. The van der Waals surface area contributed by atoms with Crippen LogP contribution >= 0.6 is 0 Å². The quantitative estimate of drug-likeness (QED) is 0.678. The summed E-state index contributed by atoms with van der Waals surface area (Å²) in [6, 6.07) is 11.5. The van der Waals surface area contributed by atoms with Gasteiger partial charge in [0.05, 0.1) is 12.7 Å². The second kappa shape index (κ2) is 5.52. The Bertz CT molecular complexity index is 594. The van der Waals surface area contributed by atoms with E-state index in [2.05, 4.69) is 0 Å². The molecule has 0 fully saturated rings. The van der Waals surface area contributed by atoms with Gasteiger partial charge in [-0.2, -0.15) is 0 Å². The van der Waals surface area contributed by atoms with Crippen molar-refractivity contribution in [2.75, 3.05) is 12.8 Å². The molecule has 0 aromatic heterocycles. The number of hydrogen-bond acceptors (Lipinski definition) is 3. The van der Waals surface area contributed by atoms with Crippen LogP contribution in [-0.4, -0.2) is 12.9 Å². The molecule has 0 unspecified atom stereocenters. The number of ether oxygens (including phenoxy) is 1. The predicted octanol–water partition coefficient (Wildman–Crippen LogP) is 2.84. The number of nitrogen functional groups attached to an aromatic ring is 1. The first-order valence-electron chi connectivity index (χ1n) is 5.82. The van der Waals surface area contributed by atoms with Gasteiger partial charge in [-0.05, 0) is 29.8 Å². The maximum absolute atomic E-state index is 13.9. The number of Topliss-reactive ketones (excluding diaryl/α,β-unsaturated/α-hetero) is 1. The Hall–Kier alpha value is -2.36. The number of halogens is 1. The first kappa shape index (κ1) is 13.1. The van der Waals surface area contributed by atoms with Gasteiger partial charge in [0.1, 0.15) is 0 Å². The van der Waals surface area contributed by atoms with Crippen molar-refractivity contribution < 1.29 is 13.9 Å². The molecule has 0 aliphatic heterocycles. The summed E-state index contributed by atoms with van der Waals surface area (Å²) in [6.07, 6.45) is 0.129. The van der Waals surface area contributed by atoms with Gasteiger partial charge in [-0.3, -0.25) is 4.79 Å². The third-order valence-corrected chi connectivity index (χ3v) is 2.83. The number of anilines is 1. The Morgan fingerprint density at radius 1 is 1.21 bits per heavy atom. The van der Waals surface area contributed by atoms with Gasteiger partial charge in [-0.15, -0.1) is 0 Å². The third kappa shape index (κ3) is 2.91. The van der Waals surface area contributed by atoms with Gasteiger partial charge >= 0.3 is 0 Å². The molecule has 2 rings (SSSR count). The van der Waals surface area contributed by atoms with Gasteiger partial charge < -0.3 is 10.5 Å². The number of nitrogens with two attached hydrogens (primary N) is 1. The lowest BCUT2D eigenvalue weighted by Crippen LogP contribution is -2.07. The molecule has 0 aliphatic carbocycles. The molecule has 3 nitrogen and oxygen atoms in total. The van der Waals surface area contributed by atoms with Crippen LogP contribution in [0.4, 0.5) is 10.1 Å². The summed E-state index contributed by atoms with van der Waals surface area (Å²) in [5, 5.41) is 0. The van der Waals surface area contributed by atoms with Crippen LogP contribution in [-0.2, 0) is 6.42 Å². The fourth-order valence-corrected chi connectivity index (χ4v) is 1.80. The molecule has 0 amide bonds. The normalized spacial score (nSPS) is 10.2. The Morgan fingerprint density at radius 3 is 2.53 bits per heavy atom.